The Bertz CT molecular complexity index is 835. The van der Waals surface area contributed by atoms with Crippen LogP contribution >= 0.6 is 11.6 Å². The van der Waals surface area contributed by atoms with E-state index < -0.39 is 17.9 Å². The number of aryl methyl sites for hydroxylation is 1. The molecule has 0 saturated heterocycles. The van der Waals surface area contributed by atoms with E-state index in [2.05, 4.69) is 11.4 Å². The third-order valence-electron chi connectivity index (χ3n) is 4.75. The van der Waals surface area contributed by atoms with Crippen molar-refractivity contribution in [3.8, 4) is 0 Å². The average molecular weight is 390 g/mol. The zero-order valence-electron chi connectivity index (χ0n) is 15.0. The third kappa shape index (κ3) is 4.66. The fraction of sp³-hybridized carbons (Fsp3) is 0.333. The van der Waals surface area contributed by atoms with E-state index in [-0.39, 0.29) is 29.0 Å². The molecule has 1 aliphatic carbocycles. The first kappa shape index (κ1) is 19.4. The molecule has 4 nitrogen and oxygen atoms in total. The number of carbonyl (C=O) groups excluding carboxylic acids is 2. The van der Waals surface area contributed by atoms with Gasteiger partial charge in [0, 0.05) is 10.6 Å². The second kappa shape index (κ2) is 8.53. The van der Waals surface area contributed by atoms with E-state index in [1.165, 1.54) is 30.7 Å². The molecular formula is C21H21ClFNO3. The highest BCUT2D eigenvalue weighted by atomic mass is 35.5. The van der Waals surface area contributed by atoms with Crippen LogP contribution in [-0.4, -0.2) is 18.0 Å². The Labute approximate surface area is 162 Å². The van der Waals surface area contributed by atoms with Gasteiger partial charge in [-0.15, -0.1) is 0 Å². The zero-order chi connectivity index (χ0) is 19.4. The van der Waals surface area contributed by atoms with Gasteiger partial charge >= 0.3 is 5.97 Å². The summed E-state index contributed by atoms with van der Waals surface area (Å²) in [5, 5.41) is 3.11. The molecule has 0 unspecified atom stereocenters. The molecule has 27 heavy (non-hydrogen) atoms. The summed E-state index contributed by atoms with van der Waals surface area (Å²) in [5.74, 6) is -1.64. The highest BCUT2D eigenvalue weighted by Gasteiger charge is 2.25. The molecule has 0 saturated carbocycles. The van der Waals surface area contributed by atoms with Crippen LogP contribution in [0, 0.1) is 5.82 Å². The van der Waals surface area contributed by atoms with Gasteiger partial charge in [-0.25, -0.2) is 4.39 Å². The third-order valence-corrected chi connectivity index (χ3v) is 5.10. The van der Waals surface area contributed by atoms with Crippen molar-refractivity contribution in [3.05, 3.63) is 70.0 Å². The molecule has 3 rings (SSSR count). The molecule has 0 fully saturated rings. The van der Waals surface area contributed by atoms with Gasteiger partial charge in [-0.3, -0.25) is 9.59 Å². The number of amides is 1. The molecule has 1 N–H and O–H groups in total. The lowest BCUT2D eigenvalue weighted by Crippen LogP contribution is -2.39. The molecule has 0 heterocycles. The van der Waals surface area contributed by atoms with Gasteiger partial charge < -0.3 is 10.1 Å². The predicted octanol–water partition coefficient (Wildman–Crippen LogP) is 4.15. The Morgan fingerprint density at radius 1 is 1.26 bits per heavy atom. The van der Waals surface area contributed by atoms with E-state index in [1.54, 1.807) is 0 Å². The SMILES string of the molecule is C[C@H](OC(=O)Cc1c(F)cccc1Cl)C(=O)N[C@@H]1CCCc2ccccc21. The maximum Gasteiger partial charge on any atom is 0.311 e. The summed E-state index contributed by atoms with van der Waals surface area (Å²) in [5.41, 5.74) is 2.40. The molecule has 0 bridgehead atoms. The van der Waals surface area contributed by atoms with Gasteiger partial charge in [-0.1, -0.05) is 41.9 Å². The van der Waals surface area contributed by atoms with E-state index in [0.717, 1.165) is 24.8 Å². The molecule has 0 radical (unpaired) electrons. The Balaban J connectivity index is 1.59. The van der Waals surface area contributed by atoms with Gasteiger partial charge in [-0.2, -0.15) is 0 Å². The number of ether oxygens (including phenoxy) is 1. The molecule has 2 aromatic carbocycles. The Morgan fingerprint density at radius 3 is 2.81 bits per heavy atom. The lowest BCUT2D eigenvalue weighted by atomic mass is 9.87. The number of hydrogen-bond donors (Lipinski definition) is 1. The topological polar surface area (TPSA) is 55.4 Å². The average Bonchev–Trinajstić information content (AvgIpc) is 2.65. The van der Waals surface area contributed by atoms with Crippen LogP contribution in [0.5, 0.6) is 0 Å². The first-order valence-corrected chi connectivity index (χ1v) is 9.34. The van der Waals surface area contributed by atoms with E-state index in [1.807, 2.05) is 18.2 Å². The van der Waals surface area contributed by atoms with Gasteiger partial charge in [0.25, 0.3) is 5.91 Å². The quantitative estimate of drug-likeness (QED) is 0.781. The summed E-state index contributed by atoms with van der Waals surface area (Å²) in [6.07, 6.45) is 1.53. The van der Waals surface area contributed by atoms with E-state index >= 15 is 0 Å². The normalized spacial score (nSPS) is 16.9. The van der Waals surface area contributed by atoms with Crippen LogP contribution in [0.2, 0.25) is 5.02 Å². The Hall–Kier alpha value is -2.40. The van der Waals surface area contributed by atoms with Gasteiger partial charge in [0.1, 0.15) is 5.82 Å². The minimum atomic E-state index is -0.975. The van der Waals surface area contributed by atoms with Gasteiger partial charge in [0.2, 0.25) is 0 Å². The minimum Gasteiger partial charge on any atom is -0.452 e. The summed E-state index contributed by atoms with van der Waals surface area (Å²) >= 11 is 5.92. The fourth-order valence-corrected chi connectivity index (χ4v) is 3.56. The molecule has 0 aromatic heterocycles. The standard InChI is InChI=1S/C21H21ClFNO3/c1-13(27-20(25)12-16-17(22)9-5-10-18(16)23)21(26)24-19-11-4-7-14-6-2-3-8-15(14)19/h2-3,5-6,8-10,13,19H,4,7,11-12H2,1H3,(H,24,26)/t13-,19+/m0/s1. The first-order valence-electron chi connectivity index (χ1n) is 8.96. The molecule has 142 valence electrons. The number of carbonyl (C=O) groups is 2. The number of benzene rings is 2. The maximum absolute atomic E-state index is 13.8. The predicted molar refractivity (Wildman–Crippen MR) is 101 cm³/mol. The highest BCUT2D eigenvalue weighted by Crippen LogP contribution is 2.29. The van der Waals surface area contributed by atoms with E-state index in [9.17, 15) is 14.0 Å². The van der Waals surface area contributed by atoms with Crippen molar-refractivity contribution in [1.82, 2.24) is 5.32 Å². The molecule has 0 spiro atoms. The van der Waals surface area contributed by atoms with Crippen LogP contribution in [0.15, 0.2) is 42.5 Å². The number of esters is 1. The summed E-state index contributed by atoms with van der Waals surface area (Å²) in [4.78, 5) is 24.5. The lowest BCUT2D eigenvalue weighted by molar-refractivity contribution is -0.154. The van der Waals surface area contributed by atoms with Crippen molar-refractivity contribution in [1.29, 1.82) is 0 Å². The molecule has 1 amide bonds. The van der Waals surface area contributed by atoms with E-state index in [4.69, 9.17) is 16.3 Å². The minimum absolute atomic E-state index is 0.0676. The monoisotopic (exact) mass is 389 g/mol. The first-order chi connectivity index (χ1) is 13.0. The van der Waals surface area contributed by atoms with Crippen LogP contribution in [0.3, 0.4) is 0 Å². The maximum atomic E-state index is 13.8. The van der Waals surface area contributed by atoms with Crippen molar-refractivity contribution in [3.63, 3.8) is 0 Å². The summed E-state index contributed by atoms with van der Waals surface area (Å²) in [6.45, 7) is 1.50. The summed E-state index contributed by atoms with van der Waals surface area (Å²) in [7, 11) is 0. The van der Waals surface area contributed by atoms with Crippen molar-refractivity contribution < 1.29 is 18.7 Å². The summed E-state index contributed by atoms with van der Waals surface area (Å²) < 4.78 is 19.0. The van der Waals surface area contributed by atoms with Crippen LogP contribution in [0.25, 0.3) is 0 Å². The van der Waals surface area contributed by atoms with Crippen molar-refractivity contribution in [2.75, 3.05) is 0 Å². The number of hydrogen-bond acceptors (Lipinski definition) is 3. The zero-order valence-corrected chi connectivity index (χ0v) is 15.8. The Morgan fingerprint density at radius 2 is 2.04 bits per heavy atom. The summed E-state index contributed by atoms with van der Waals surface area (Å²) in [6, 6.07) is 12.1. The molecule has 2 atom stereocenters. The molecule has 6 heteroatoms. The molecule has 0 aliphatic heterocycles. The number of halogens is 2. The second-order valence-corrected chi connectivity index (χ2v) is 7.07. The van der Waals surface area contributed by atoms with Crippen molar-refractivity contribution >= 4 is 23.5 Å². The number of fused-ring (bicyclic) bond motifs is 1. The fourth-order valence-electron chi connectivity index (χ4n) is 3.33. The number of nitrogens with one attached hydrogen (secondary N) is 1. The lowest BCUT2D eigenvalue weighted by Gasteiger charge is -2.27. The van der Waals surface area contributed by atoms with Crippen molar-refractivity contribution in [2.24, 2.45) is 0 Å². The Kier molecular flexibility index (Phi) is 6.11. The van der Waals surface area contributed by atoms with Gasteiger partial charge in [-0.05, 0) is 49.4 Å². The second-order valence-electron chi connectivity index (χ2n) is 6.66. The smallest absolute Gasteiger partial charge is 0.311 e. The van der Waals surface area contributed by atoms with Gasteiger partial charge in [0.05, 0.1) is 12.5 Å². The van der Waals surface area contributed by atoms with E-state index in [0.29, 0.717) is 0 Å². The largest absolute Gasteiger partial charge is 0.452 e. The number of rotatable bonds is 5. The molecular weight excluding hydrogens is 369 g/mol. The van der Waals surface area contributed by atoms with Crippen LogP contribution in [-0.2, 0) is 27.2 Å². The van der Waals surface area contributed by atoms with Crippen molar-refractivity contribution in [2.45, 2.75) is 44.8 Å². The molecule has 2 aromatic rings. The van der Waals surface area contributed by atoms with Crippen LogP contribution in [0.1, 0.15) is 42.5 Å². The molecule has 1 aliphatic rings. The van der Waals surface area contributed by atoms with Gasteiger partial charge in [0.15, 0.2) is 6.10 Å². The van der Waals surface area contributed by atoms with Crippen LogP contribution < -0.4 is 5.32 Å². The van der Waals surface area contributed by atoms with Crippen LogP contribution in [0.4, 0.5) is 4.39 Å². The highest BCUT2D eigenvalue weighted by molar-refractivity contribution is 6.31.